The highest BCUT2D eigenvalue weighted by molar-refractivity contribution is 5.92. The Hall–Kier alpha value is -3.61. The number of aromatic amines is 1. The van der Waals surface area contributed by atoms with Gasteiger partial charge in [-0.2, -0.15) is 0 Å². The Morgan fingerprint density at radius 3 is 2.49 bits per heavy atom. The Kier molecular flexibility index (Phi) is 9.35. The maximum atomic E-state index is 13.7. The number of nitrogens with one attached hydrogen (secondary N) is 2. The first-order valence-electron chi connectivity index (χ1n) is 13.4. The van der Waals surface area contributed by atoms with Gasteiger partial charge in [0.15, 0.2) is 0 Å². The van der Waals surface area contributed by atoms with Crippen LogP contribution in [0.5, 0.6) is 0 Å². The minimum atomic E-state index is -1.05. The first kappa shape index (κ1) is 26.5. The second-order valence-electron chi connectivity index (χ2n) is 10.1. The molecular weight excluding hydrogens is 466 g/mol. The number of carbonyl (C=O) groups is 3. The van der Waals surface area contributed by atoms with Crippen molar-refractivity contribution < 1.29 is 19.5 Å². The van der Waals surface area contributed by atoms with Gasteiger partial charge in [-0.3, -0.25) is 14.4 Å². The minimum Gasteiger partial charge on any atom is -0.480 e. The second kappa shape index (κ2) is 13.1. The van der Waals surface area contributed by atoms with E-state index in [1.165, 1.54) is 37.0 Å². The lowest BCUT2D eigenvalue weighted by molar-refractivity contribution is -0.145. The van der Waals surface area contributed by atoms with Gasteiger partial charge >= 0.3 is 5.97 Å². The fourth-order valence-electron chi connectivity index (χ4n) is 5.44. The molecule has 0 aliphatic heterocycles. The second-order valence-corrected chi connectivity index (χ2v) is 10.1. The number of hydrogen-bond acceptors (Lipinski definition) is 3. The molecule has 0 saturated heterocycles. The van der Waals surface area contributed by atoms with Crippen molar-refractivity contribution in [3.8, 4) is 0 Å². The molecule has 2 amide bonds. The van der Waals surface area contributed by atoms with E-state index in [4.69, 9.17) is 0 Å². The third-order valence-corrected chi connectivity index (χ3v) is 7.34. The maximum Gasteiger partial charge on any atom is 0.323 e. The first-order chi connectivity index (χ1) is 18.0. The maximum absolute atomic E-state index is 13.7. The number of amides is 2. The fraction of sp³-hybridized carbons (Fsp3) is 0.433. The number of H-pyrrole nitrogens is 1. The molecule has 2 aromatic carbocycles. The molecule has 1 aromatic heterocycles. The zero-order valence-electron chi connectivity index (χ0n) is 21.3. The summed E-state index contributed by atoms with van der Waals surface area (Å²) in [5.74, 6) is -1.00. The molecule has 0 spiro atoms. The summed E-state index contributed by atoms with van der Waals surface area (Å²) >= 11 is 0. The number of carbonyl (C=O) groups excluding carboxylic acids is 2. The van der Waals surface area contributed by atoms with Gasteiger partial charge in [-0.05, 0) is 36.0 Å². The van der Waals surface area contributed by atoms with E-state index in [9.17, 15) is 19.5 Å². The van der Waals surface area contributed by atoms with Crippen LogP contribution in [0.15, 0.2) is 60.8 Å². The van der Waals surface area contributed by atoms with Gasteiger partial charge in [-0.15, -0.1) is 0 Å². The van der Waals surface area contributed by atoms with E-state index in [0.29, 0.717) is 18.9 Å². The van der Waals surface area contributed by atoms with E-state index < -0.39 is 12.0 Å². The fourth-order valence-corrected chi connectivity index (χ4v) is 5.44. The quantitative estimate of drug-likeness (QED) is 0.333. The van der Waals surface area contributed by atoms with Crippen molar-refractivity contribution in [1.29, 1.82) is 0 Å². The van der Waals surface area contributed by atoms with Crippen LogP contribution in [0.1, 0.15) is 56.1 Å². The van der Waals surface area contributed by atoms with E-state index in [1.807, 2.05) is 60.8 Å². The Morgan fingerprint density at radius 1 is 1.00 bits per heavy atom. The largest absolute Gasteiger partial charge is 0.480 e. The molecule has 1 heterocycles. The van der Waals surface area contributed by atoms with Crippen LogP contribution >= 0.6 is 0 Å². The number of carboxylic acid groups (broad SMARTS) is 1. The van der Waals surface area contributed by atoms with Crippen LogP contribution in [0.25, 0.3) is 10.9 Å². The number of aliphatic carboxylic acids is 1. The Bertz CT molecular complexity index is 1180. The predicted molar refractivity (Wildman–Crippen MR) is 144 cm³/mol. The third kappa shape index (κ3) is 7.68. The molecule has 1 aliphatic carbocycles. The lowest BCUT2D eigenvalue weighted by Crippen LogP contribution is -2.51. The first-order valence-corrected chi connectivity index (χ1v) is 13.4. The Labute approximate surface area is 218 Å². The van der Waals surface area contributed by atoms with Crippen LogP contribution in [0, 0.1) is 5.92 Å². The zero-order valence-corrected chi connectivity index (χ0v) is 21.3. The van der Waals surface area contributed by atoms with Crippen molar-refractivity contribution in [2.75, 3.05) is 13.1 Å². The van der Waals surface area contributed by atoms with E-state index in [0.717, 1.165) is 34.9 Å². The standard InChI is InChI=1S/C30H37N3O4/c34-28(19-24-20-31-26-16-8-7-15-25(24)26)32-27(18-23-12-5-2-6-13-23)30(37)33(21-29(35)36)17-9-14-22-10-3-1-4-11-22/h2,5-8,12-13,15-16,20,22,27,31H,1,3-4,9-11,14,17-19,21H2,(H,32,34)(H,35,36)/t27-/m0/s1. The topological polar surface area (TPSA) is 102 Å². The number of carboxylic acids is 1. The molecule has 4 rings (SSSR count). The van der Waals surface area contributed by atoms with Crippen LogP contribution in [0.4, 0.5) is 0 Å². The average Bonchev–Trinajstić information content (AvgIpc) is 3.31. The molecule has 0 radical (unpaired) electrons. The van der Waals surface area contributed by atoms with Crippen molar-refractivity contribution in [3.05, 3.63) is 71.9 Å². The van der Waals surface area contributed by atoms with E-state index in [-0.39, 0.29) is 24.8 Å². The zero-order chi connectivity index (χ0) is 26.0. The van der Waals surface area contributed by atoms with Crippen molar-refractivity contribution in [1.82, 2.24) is 15.2 Å². The lowest BCUT2D eigenvalue weighted by Gasteiger charge is -2.28. The van der Waals surface area contributed by atoms with Gasteiger partial charge in [0, 0.05) is 30.1 Å². The minimum absolute atomic E-state index is 0.128. The summed E-state index contributed by atoms with van der Waals surface area (Å²) in [5.41, 5.74) is 2.72. The van der Waals surface area contributed by atoms with Gasteiger partial charge in [-0.25, -0.2) is 0 Å². The molecule has 0 bridgehead atoms. The molecule has 3 aromatic rings. The normalized spacial score (nSPS) is 14.8. The number of benzene rings is 2. The van der Waals surface area contributed by atoms with Gasteiger partial charge in [0.2, 0.25) is 11.8 Å². The van der Waals surface area contributed by atoms with E-state index in [1.54, 1.807) is 0 Å². The van der Waals surface area contributed by atoms with Gasteiger partial charge in [-0.1, -0.05) is 80.6 Å². The van der Waals surface area contributed by atoms with E-state index >= 15 is 0 Å². The highest BCUT2D eigenvalue weighted by Gasteiger charge is 2.28. The molecule has 196 valence electrons. The van der Waals surface area contributed by atoms with Crippen molar-refractivity contribution in [2.45, 2.75) is 63.8 Å². The summed E-state index contributed by atoms with van der Waals surface area (Å²) in [4.78, 5) is 43.0. The van der Waals surface area contributed by atoms with Gasteiger partial charge in [0.1, 0.15) is 12.6 Å². The molecule has 7 nitrogen and oxygen atoms in total. The third-order valence-electron chi connectivity index (χ3n) is 7.34. The molecule has 1 atom stereocenters. The highest BCUT2D eigenvalue weighted by atomic mass is 16.4. The van der Waals surface area contributed by atoms with Crippen LogP contribution in [-0.4, -0.2) is 51.9 Å². The molecular formula is C30H37N3O4. The average molecular weight is 504 g/mol. The predicted octanol–water partition coefficient (Wildman–Crippen LogP) is 4.71. The monoisotopic (exact) mass is 503 g/mol. The molecule has 37 heavy (non-hydrogen) atoms. The lowest BCUT2D eigenvalue weighted by atomic mass is 9.86. The summed E-state index contributed by atoms with van der Waals surface area (Å²) in [6, 6.07) is 16.4. The summed E-state index contributed by atoms with van der Waals surface area (Å²) in [5, 5.41) is 13.4. The molecule has 1 fully saturated rings. The van der Waals surface area contributed by atoms with Crippen molar-refractivity contribution in [3.63, 3.8) is 0 Å². The SMILES string of the molecule is O=C(O)CN(CCCC1CCCCC1)C(=O)[C@H](Cc1ccccc1)NC(=O)Cc1c[nH]c2ccccc12. The Balaban J connectivity index is 1.46. The van der Waals surface area contributed by atoms with Crippen LogP contribution in [-0.2, 0) is 27.2 Å². The number of nitrogens with zero attached hydrogens (tertiary/aromatic N) is 1. The highest BCUT2D eigenvalue weighted by Crippen LogP contribution is 2.27. The van der Waals surface area contributed by atoms with Gasteiger partial charge in [0.25, 0.3) is 0 Å². The molecule has 1 saturated carbocycles. The summed E-state index contributed by atoms with van der Waals surface area (Å²) in [7, 11) is 0. The van der Waals surface area contributed by atoms with Crippen LogP contribution < -0.4 is 5.32 Å². The van der Waals surface area contributed by atoms with Crippen molar-refractivity contribution >= 4 is 28.7 Å². The smallest absolute Gasteiger partial charge is 0.323 e. The Morgan fingerprint density at radius 2 is 1.73 bits per heavy atom. The van der Waals surface area contributed by atoms with Crippen LogP contribution in [0.3, 0.4) is 0 Å². The number of rotatable bonds is 12. The van der Waals surface area contributed by atoms with Gasteiger partial charge < -0.3 is 20.3 Å². The summed E-state index contributed by atoms with van der Waals surface area (Å²) in [6.07, 6.45) is 10.3. The number of aromatic nitrogens is 1. The van der Waals surface area contributed by atoms with Gasteiger partial charge in [0.05, 0.1) is 6.42 Å². The van der Waals surface area contributed by atoms with E-state index in [2.05, 4.69) is 10.3 Å². The van der Waals surface area contributed by atoms with Crippen LogP contribution in [0.2, 0.25) is 0 Å². The summed E-state index contributed by atoms with van der Waals surface area (Å²) in [6.45, 7) is 0.0123. The van der Waals surface area contributed by atoms with Crippen molar-refractivity contribution in [2.24, 2.45) is 5.92 Å². The number of fused-ring (bicyclic) bond motifs is 1. The molecule has 7 heteroatoms. The molecule has 0 unspecified atom stereocenters. The molecule has 3 N–H and O–H groups in total. The number of para-hydroxylation sites is 1. The summed E-state index contributed by atoms with van der Waals surface area (Å²) < 4.78 is 0. The number of hydrogen-bond donors (Lipinski definition) is 3. The molecule has 1 aliphatic rings.